The summed E-state index contributed by atoms with van der Waals surface area (Å²) in [5.41, 5.74) is 2.10. The Morgan fingerprint density at radius 2 is 2.18 bits per heavy atom. The summed E-state index contributed by atoms with van der Waals surface area (Å²) < 4.78 is 5.14. The molecule has 0 radical (unpaired) electrons. The lowest BCUT2D eigenvalue weighted by molar-refractivity contribution is 0.415. The molecule has 1 fully saturated rings. The van der Waals surface area contributed by atoms with Gasteiger partial charge in [-0.05, 0) is 11.6 Å². The Morgan fingerprint density at radius 3 is 2.82 bits per heavy atom. The van der Waals surface area contributed by atoms with E-state index in [1.165, 1.54) is 0 Å². The van der Waals surface area contributed by atoms with Gasteiger partial charge in [0.05, 0.1) is 6.61 Å². The highest BCUT2D eigenvalue weighted by Gasteiger charge is 2.26. The first-order chi connectivity index (χ1) is 5.42. The Hall–Kier alpha value is -1.26. The van der Waals surface area contributed by atoms with E-state index in [-0.39, 0.29) is 6.10 Å². The fourth-order valence-electron chi connectivity index (χ4n) is 1.14. The van der Waals surface area contributed by atoms with Gasteiger partial charge in [-0.3, -0.25) is 0 Å². The van der Waals surface area contributed by atoms with Crippen LogP contribution in [0.25, 0.3) is 0 Å². The van der Waals surface area contributed by atoms with E-state index in [2.05, 4.69) is 5.92 Å². The van der Waals surface area contributed by atoms with Gasteiger partial charge in [-0.25, -0.2) is 0 Å². The second kappa shape index (κ2) is 2.41. The quantitative estimate of drug-likeness (QED) is 0.432. The van der Waals surface area contributed by atoms with E-state index >= 15 is 0 Å². The lowest BCUT2D eigenvalue weighted by atomic mass is 10.1. The van der Waals surface area contributed by atoms with Crippen LogP contribution in [0.1, 0.15) is 17.2 Å². The third-order valence-electron chi connectivity index (χ3n) is 1.80. The smallest absolute Gasteiger partial charge is 0.107 e. The molecule has 0 N–H and O–H groups in total. The Morgan fingerprint density at radius 1 is 1.45 bits per heavy atom. The molecule has 0 aliphatic carbocycles. The van der Waals surface area contributed by atoms with Crippen LogP contribution in [0.4, 0.5) is 0 Å². The van der Waals surface area contributed by atoms with Gasteiger partial charge >= 0.3 is 0 Å². The molecule has 1 heteroatoms. The summed E-state index contributed by atoms with van der Waals surface area (Å²) in [7, 11) is 0. The van der Waals surface area contributed by atoms with Crippen LogP contribution < -0.4 is 0 Å². The summed E-state index contributed by atoms with van der Waals surface area (Å²) in [6.45, 7) is 0.818. The van der Waals surface area contributed by atoms with Crippen LogP contribution in [0, 0.1) is 12.3 Å². The van der Waals surface area contributed by atoms with Gasteiger partial charge in [0, 0.05) is 5.56 Å². The largest absolute Gasteiger partial charge is 0.368 e. The van der Waals surface area contributed by atoms with Gasteiger partial charge in [-0.15, -0.1) is 6.42 Å². The van der Waals surface area contributed by atoms with Crippen molar-refractivity contribution in [3.63, 3.8) is 0 Å². The summed E-state index contributed by atoms with van der Waals surface area (Å²) in [5.74, 6) is 2.64. The van der Waals surface area contributed by atoms with E-state index < -0.39 is 0 Å². The lowest BCUT2D eigenvalue weighted by Gasteiger charge is -1.97. The van der Waals surface area contributed by atoms with Gasteiger partial charge < -0.3 is 4.74 Å². The van der Waals surface area contributed by atoms with E-state index in [0.717, 1.165) is 17.7 Å². The van der Waals surface area contributed by atoms with Crippen molar-refractivity contribution in [1.82, 2.24) is 0 Å². The minimum atomic E-state index is 0.266. The van der Waals surface area contributed by atoms with Crippen molar-refractivity contribution in [2.24, 2.45) is 0 Å². The second-order valence-corrected chi connectivity index (χ2v) is 2.55. The number of terminal acetylenes is 1. The third kappa shape index (κ3) is 1.13. The molecule has 1 atom stereocenters. The SMILES string of the molecule is C#Cc1ccccc1C1CO1. The van der Waals surface area contributed by atoms with Gasteiger partial charge in [0.1, 0.15) is 6.10 Å². The van der Waals surface area contributed by atoms with Gasteiger partial charge in [0.25, 0.3) is 0 Å². The highest BCUT2D eigenvalue weighted by molar-refractivity contribution is 5.42. The Kier molecular flexibility index (Phi) is 1.41. The lowest BCUT2D eigenvalue weighted by Crippen LogP contribution is -1.85. The fraction of sp³-hybridized carbons (Fsp3) is 0.200. The van der Waals surface area contributed by atoms with Gasteiger partial charge in [0.2, 0.25) is 0 Å². The summed E-state index contributed by atoms with van der Waals surface area (Å²) in [6.07, 6.45) is 5.58. The number of rotatable bonds is 1. The van der Waals surface area contributed by atoms with Crippen molar-refractivity contribution < 1.29 is 4.74 Å². The maximum Gasteiger partial charge on any atom is 0.107 e. The topological polar surface area (TPSA) is 12.5 Å². The molecule has 1 unspecified atom stereocenters. The maximum atomic E-state index is 5.31. The molecule has 1 aliphatic rings. The second-order valence-electron chi connectivity index (χ2n) is 2.55. The number of hydrogen-bond acceptors (Lipinski definition) is 1. The van der Waals surface area contributed by atoms with Crippen LogP contribution in [0.15, 0.2) is 24.3 Å². The molecule has 1 aliphatic heterocycles. The molecule has 0 aromatic heterocycles. The van der Waals surface area contributed by atoms with Crippen molar-refractivity contribution in [1.29, 1.82) is 0 Å². The fourth-order valence-corrected chi connectivity index (χ4v) is 1.14. The van der Waals surface area contributed by atoms with Crippen LogP contribution in [0.2, 0.25) is 0 Å². The van der Waals surface area contributed by atoms with Crippen molar-refractivity contribution in [3.8, 4) is 12.3 Å². The Bertz CT molecular complexity index is 305. The molecule has 0 amide bonds. The molecular weight excluding hydrogens is 136 g/mol. The molecule has 1 saturated heterocycles. The number of benzene rings is 1. The zero-order chi connectivity index (χ0) is 7.68. The molecule has 0 spiro atoms. The summed E-state index contributed by atoms with van der Waals surface area (Å²) in [5, 5.41) is 0. The highest BCUT2D eigenvalue weighted by atomic mass is 16.6. The van der Waals surface area contributed by atoms with Gasteiger partial charge in [0.15, 0.2) is 0 Å². The minimum absolute atomic E-state index is 0.266. The van der Waals surface area contributed by atoms with E-state index in [0.29, 0.717) is 0 Å². The van der Waals surface area contributed by atoms with Crippen LogP contribution in [0.5, 0.6) is 0 Å². The van der Waals surface area contributed by atoms with Crippen LogP contribution in [0.3, 0.4) is 0 Å². The summed E-state index contributed by atoms with van der Waals surface area (Å²) in [6, 6.07) is 7.89. The highest BCUT2D eigenvalue weighted by Crippen LogP contribution is 2.31. The molecule has 1 aromatic carbocycles. The predicted octanol–water partition coefficient (Wildman–Crippen LogP) is 1.74. The monoisotopic (exact) mass is 144 g/mol. The first-order valence-corrected chi connectivity index (χ1v) is 3.59. The van der Waals surface area contributed by atoms with Crippen LogP contribution in [-0.2, 0) is 4.74 Å². The van der Waals surface area contributed by atoms with Gasteiger partial charge in [-0.2, -0.15) is 0 Å². The molecule has 54 valence electrons. The maximum absolute atomic E-state index is 5.31. The van der Waals surface area contributed by atoms with E-state index in [4.69, 9.17) is 11.2 Å². The third-order valence-corrected chi connectivity index (χ3v) is 1.80. The average molecular weight is 144 g/mol. The van der Waals surface area contributed by atoms with Gasteiger partial charge in [-0.1, -0.05) is 24.1 Å². The van der Waals surface area contributed by atoms with E-state index in [1.54, 1.807) is 0 Å². The van der Waals surface area contributed by atoms with Crippen molar-refractivity contribution in [2.45, 2.75) is 6.10 Å². The van der Waals surface area contributed by atoms with E-state index in [9.17, 15) is 0 Å². The molecular formula is C10H8O. The van der Waals surface area contributed by atoms with Crippen molar-refractivity contribution >= 4 is 0 Å². The summed E-state index contributed by atoms with van der Waals surface area (Å²) in [4.78, 5) is 0. The molecule has 0 bridgehead atoms. The van der Waals surface area contributed by atoms with Crippen molar-refractivity contribution in [2.75, 3.05) is 6.61 Å². The molecule has 11 heavy (non-hydrogen) atoms. The predicted molar refractivity (Wildman–Crippen MR) is 43.1 cm³/mol. The molecule has 2 rings (SSSR count). The molecule has 1 heterocycles. The van der Waals surface area contributed by atoms with Crippen LogP contribution >= 0.6 is 0 Å². The van der Waals surface area contributed by atoms with E-state index in [1.807, 2.05) is 24.3 Å². The minimum Gasteiger partial charge on any atom is -0.368 e. The first-order valence-electron chi connectivity index (χ1n) is 3.59. The average Bonchev–Trinajstić information content (AvgIpc) is 2.87. The molecule has 1 nitrogen and oxygen atoms in total. The standard InChI is InChI=1S/C10H8O/c1-2-8-5-3-4-6-9(8)10-7-11-10/h1,3-6,10H,7H2. The molecule has 0 saturated carbocycles. The normalized spacial score (nSPS) is 20.8. The number of epoxide rings is 1. The van der Waals surface area contributed by atoms with Crippen molar-refractivity contribution in [3.05, 3.63) is 35.4 Å². The Balaban J connectivity index is 2.44. The number of hydrogen-bond donors (Lipinski definition) is 0. The number of ether oxygens (including phenoxy) is 1. The Labute approximate surface area is 66.0 Å². The zero-order valence-corrected chi connectivity index (χ0v) is 6.08. The molecule has 1 aromatic rings. The van der Waals surface area contributed by atoms with Crippen LogP contribution in [-0.4, -0.2) is 6.61 Å². The first kappa shape index (κ1) is 6.45. The summed E-state index contributed by atoms with van der Waals surface area (Å²) >= 11 is 0. The zero-order valence-electron chi connectivity index (χ0n) is 6.08.